The first-order valence-corrected chi connectivity index (χ1v) is 11.9. The van der Waals surface area contributed by atoms with Gasteiger partial charge in [-0.25, -0.2) is 9.69 Å². The van der Waals surface area contributed by atoms with Crippen molar-refractivity contribution >= 4 is 51.0 Å². The molecule has 1 N–H and O–H groups in total. The molecule has 3 amide bonds. The third-order valence-corrected chi connectivity index (χ3v) is 8.00. The Kier molecular flexibility index (Phi) is 5.64. The normalized spacial score (nSPS) is 24.5. The van der Waals surface area contributed by atoms with Crippen molar-refractivity contribution in [2.24, 2.45) is 23.7 Å². The summed E-state index contributed by atoms with van der Waals surface area (Å²) < 4.78 is 6.13. The van der Waals surface area contributed by atoms with Gasteiger partial charge in [0.2, 0.25) is 11.8 Å². The second-order valence-corrected chi connectivity index (χ2v) is 9.89. The zero-order valence-corrected chi connectivity index (χ0v) is 20.3. The molecule has 2 aromatic carbocycles. The van der Waals surface area contributed by atoms with Crippen LogP contribution in [0, 0.1) is 37.5 Å². The van der Waals surface area contributed by atoms with E-state index in [1.165, 1.54) is 17.0 Å². The zero-order valence-electron chi connectivity index (χ0n) is 18.7. The predicted molar refractivity (Wildman–Crippen MR) is 129 cm³/mol. The molecule has 1 saturated heterocycles. The van der Waals surface area contributed by atoms with Crippen LogP contribution in [0.1, 0.15) is 27.9 Å². The second kappa shape index (κ2) is 8.51. The SMILES string of the molecule is Cc1c(Br)ccc(NC(=O)COC(=O)c2cccc(N3C(=O)[C@@H]4[C@H](C3=O)[C@H]3C=C[C@H]4C3)c2)c1C. The molecule has 1 heterocycles. The van der Waals surface area contributed by atoms with Gasteiger partial charge < -0.3 is 10.1 Å². The van der Waals surface area contributed by atoms with Gasteiger partial charge in [0.1, 0.15) is 0 Å². The van der Waals surface area contributed by atoms with Crippen LogP contribution in [0.3, 0.4) is 0 Å². The van der Waals surface area contributed by atoms with Crippen LogP contribution in [0.4, 0.5) is 11.4 Å². The lowest BCUT2D eigenvalue weighted by molar-refractivity contribution is -0.123. The number of esters is 1. The van der Waals surface area contributed by atoms with E-state index in [9.17, 15) is 19.2 Å². The number of hydrogen-bond donors (Lipinski definition) is 1. The summed E-state index contributed by atoms with van der Waals surface area (Å²) in [5.74, 6) is -1.99. The lowest BCUT2D eigenvalue weighted by Crippen LogP contribution is -2.33. The minimum atomic E-state index is -0.707. The van der Waals surface area contributed by atoms with Crippen molar-refractivity contribution in [2.45, 2.75) is 20.3 Å². The van der Waals surface area contributed by atoms with E-state index in [1.807, 2.05) is 32.1 Å². The minimum Gasteiger partial charge on any atom is -0.452 e. The van der Waals surface area contributed by atoms with E-state index in [0.717, 1.165) is 22.0 Å². The molecule has 2 aromatic rings. The van der Waals surface area contributed by atoms with Crippen molar-refractivity contribution in [3.8, 4) is 0 Å². The van der Waals surface area contributed by atoms with Crippen molar-refractivity contribution < 1.29 is 23.9 Å². The molecule has 2 aliphatic carbocycles. The molecule has 5 rings (SSSR count). The van der Waals surface area contributed by atoms with Crippen LogP contribution in [0.15, 0.2) is 53.0 Å². The van der Waals surface area contributed by atoms with Crippen molar-refractivity contribution in [1.29, 1.82) is 0 Å². The number of rotatable bonds is 5. The molecule has 1 saturated carbocycles. The molecular weight excluding hydrogens is 500 g/mol. The summed E-state index contributed by atoms with van der Waals surface area (Å²) in [5.41, 5.74) is 3.08. The molecule has 0 radical (unpaired) electrons. The maximum absolute atomic E-state index is 13.0. The van der Waals surface area contributed by atoms with E-state index < -0.39 is 18.5 Å². The number of benzene rings is 2. The standard InChI is InChI=1S/C26H23BrN2O5/c1-13-14(2)20(9-8-19(13)27)28-21(30)12-34-26(33)17-4-3-5-18(11-17)29-24(31)22-15-6-7-16(10-15)23(22)25(29)32/h3-9,11,15-16,22-23H,10,12H2,1-2H3,(H,28,30)/t15-,16-,22-,23+/m0/s1. The fourth-order valence-corrected chi connectivity index (χ4v) is 5.68. The predicted octanol–water partition coefficient (Wildman–Crippen LogP) is 4.17. The summed E-state index contributed by atoms with van der Waals surface area (Å²) in [6, 6.07) is 9.84. The van der Waals surface area contributed by atoms with Gasteiger partial charge in [-0.1, -0.05) is 34.1 Å². The maximum Gasteiger partial charge on any atom is 0.338 e. The van der Waals surface area contributed by atoms with Crippen LogP contribution in [0.25, 0.3) is 0 Å². The Bertz CT molecular complexity index is 1240. The lowest BCUT2D eigenvalue weighted by Gasteiger charge is -2.18. The molecule has 0 unspecified atom stereocenters. The number of nitrogens with one attached hydrogen (secondary N) is 1. The molecule has 8 heteroatoms. The number of imide groups is 1. The average Bonchev–Trinajstić information content (AvgIpc) is 3.51. The number of amides is 3. The van der Waals surface area contributed by atoms with Gasteiger partial charge in [0.15, 0.2) is 6.61 Å². The Labute approximate surface area is 205 Å². The molecule has 3 aliphatic rings. The summed E-state index contributed by atoms with van der Waals surface area (Å²) >= 11 is 3.45. The lowest BCUT2D eigenvalue weighted by atomic mass is 9.85. The van der Waals surface area contributed by atoms with E-state index in [2.05, 4.69) is 21.2 Å². The molecule has 34 heavy (non-hydrogen) atoms. The Morgan fingerprint density at radius 3 is 2.38 bits per heavy atom. The van der Waals surface area contributed by atoms with E-state index in [0.29, 0.717) is 11.4 Å². The Balaban J connectivity index is 1.25. The fourth-order valence-electron chi connectivity index (χ4n) is 5.25. The van der Waals surface area contributed by atoms with E-state index in [4.69, 9.17) is 4.74 Å². The number of allylic oxidation sites excluding steroid dienone is 2. The van der Waals surface area contributed by atoms with Gasteiger partial charge in [0.05, 0.1) is 23.1 Å². The zero-order chi connectivity index (χ0) is 24.1. The highest BCUT2D eigenvalue weighted by atomic mass is 79.9. The summed E-state index contributed by atoms with van der Waals surface area (Å²) in [6.07, 6.45) is 4.93. The Hall–Kier alpha value is -3.26. The van der Waals surface area contributed by atoms with Gasteiger partial charge in [0, 0.05) is 10.2 Å². The summed E-state index contributed by atoms with van der Waals surface area (Å²) in [4.78, 5) is 52.2. The highest BCUT2D eigenvalue weighted by Gasteiger charge is 2.59. The van der Waals surface area contributed by atoms with Crippen molar-refractivity contribution in [2.75, 3.05) is 16.8 Å². The third-order valence-electron chi connectivity index (χ3n) is 7.14. The highest BCUT2D eigenvalue weighted by Crippen LogP contribution is 2.53. The number of ether oxygens (including phenoxy) is 1. The second-order valence-electron chi connectivity index (χ2n) is 9.03. The third kappa shape index (κ3) is 3.66. The number of fused-ring (bicyclic) bond motifs is 5. The van der Waals surface area contributed by atoms with Crippen LogP contribution >= 0.6 is 15.9 Å². The van der Waals surface area contributed by atoms with Gasteiger partial charge in [-0.3, -0.25) is 14.4 Å². The number of anilines is 2. The monoisotopic (exact) mass is 522 g/mol. The van der Waals surface area contributed by atoms with Crippen LogP contribution < -0.4 is 10.2 Å². The molecule has 2 bridgehead atoms. The Morgan fingerprint density at radius 1 is 1.03 bits per heavy atom. The van der Waals surface area contributed by atoms with Crippen LogP contribution in [0.5, 0.6) is 0 Å². The first-order chi connectivity index (χ1) is 16.3. The largest absolute Gasteiger partial charge is 0.452 e. The number of carbonyl (C=O) groups is 4. The van der Waals surface area contributed by atoms with Gasteiger partial charge in [-0.2, -0.15) is 0 Å². The molecule has 0 spiro atoms. The Morgan fingerprint density at radius 2 is 1.71 bits per heavy atom. The van der Waals surface area contributed by atoms with E-state index in [1.54, 1.807) is 18.2 Å². The van der Waals surface area contributed by atoms with Gasteiger partial charge >= 0.3 is 5.97 Å². The first-order valence-electron chi connectivity index (χ1n) is 11.1. The maximum atomic E-state index is 13.0. The number of nitrogens with zero attached hydrogens (tertiary/aromatic N) is 1. The molecule has 2 fully saturated rings. The quantitative estimate of drug-likeness (QED) is 0.361. The average molecular weight is 523 g/mol. The molecular formula is C26H23BrN2O5. The van der Waals surface area contributed by atoms with Crippen LogP contribution in [0.2, 0.25) is 0 Å². The molecule has 174 valence electrons. The fraction of sp³-hybridized carbons (Fsp3) is 0.308. The first kappa shape index (κ1) is 22.5. The van der Waals surface area contributed by atoms with Gasteiger partial charge in [-0.15, -0.1) is 0 Å². The summed E-state index contributed by atoms with van der Waals surface area (Å²) in [5, 5.41) is 2.75. The van der Waals surface area contributed by atoms with Crippen LogP contribution in [-0.2, 0) is 19.1 Å². The number of carbonyl (C=O) groups excluding carboxylic acids is 4. The smallest absolute Gasteiger partial charge is 0.338 e. The topological polar surface area (TPSA) is 92.8 Å². The molecule has 0 aromatic heterocycles. The van der Waals surface area contributed by atoms with E-state index in [-0.39, 0.29) is 41.0 Å². The van der Waals surface area contributed by atoms with Crippen molar-refractivity contribution in [3.05, 3.63) is 69.7 Å². The van der Waals surface area contributed by atoms with Crippen molar-refractivity contribution in [1.82, 2.24) is 0 Å². The number of halogens is 1. The van der Waals surface area contributed by atoms with Gasteiger partial charge in [0.25, 0.3) is 5.91 Å². The molecule has 4 atom stereocenters. The van der Waals surface area contributed by atoms with Crippen molar-refractivity contribution in [3.63, 3.8) is 0 Å². The summed E-state index contributed by atoms with van der Waals surface area (Å²) in [6.45, 7) is 3.37. The van der Waals surface area contributed by atoms with Gasteiger partial charge in [-0.05, 0) is 73.6 Å². The molecule has 1 aliphatic heterocycles. The minimum absolute atomic E-state index is 0.112. The van der Waals surface area contributed by atoms with Crippen LogP contribution in [-0.4, -0.2) is 30.3 Å². The number of hydrogen-bond acceptors (Lipinski definition) is 5. The highest BCUT2D eigenvalue weighted by molar-refractivity contribution is 9.10. The van der Waals surface area contributed by atoms with E-state index >= 15 is 0 Å². The molecule has 7 nitrogen and oxygen atoms in total. The summed E-state index contributed by atoms with van der Waals surface area (Å²) in [7, 11) is 0.